The predicted molar refractivity (Wildman–Crippen MR) is 75.0 cm³/mol. The van der Waals surface area contributed by atoms with Crippen molar-refractivity contribution in [1.82, 2.24) is 5.32 Å². The van der Waals surface area contributed by atoms with Gasteiger partial charge in [-0.1, -0.05) is 27.7 Å². The Balaban J connectivity index is 4.34. The molecular weight excluding hydrogens is 234 g/mol. The van der Waals surface area contributed by atoms with E-state index in [1.54, 1.807) is 6.92 Å². The van der Waals surface area contributed by atoms with E-state index in [4.69, 9.17) is 0 Å². The largest absolute Gasteiger partial charge is 0.314 e. The minimum absolute atomic E-state index is 0.259. The van der Waals surface area contributed by atoms with Crippen LogP contribution in [-0.4, -0.2) is 32.5 Å². The molecule has 0 heterocycles. The summed E-state index contributed by atoms with van der Waals surface area (Å²) < 4.78 is 23.1. The van der Waals surface area contributed by atoms with Gasteiger partial charge in [0, 0.05) is 11.8 Å². The first-order chi connectivity index (χ1) is 7.84. The monoisotopic (exact) mass is 263 g/mol. The highest BCUT2D eigenvalue weighted by Crippen LogP contribution is 2.20. The van der Waals surface area contributed by atoms with Gasteiger partial charge in [-0.2, -0.15) is 0 Å². The maximum Gasteiger partial charge on any atom is 0.150 e. The molecule has 0 rings (SSSR count). The van der Waals surface area contributed by atoms with Crippen molar-refractivity contribution in [3.05, 3.63) is 0 Å². The van der Waals surface area contributed by atoms with E-state index in [0.29, 0.717) is 23.6 Å². The zero-order valence-corrected chi connectivity index (χ0v) is 12.8. The summed E-state index contributed by atoms with van der Waals surface area (Å²) in [5, 5.41) is 3.47. The molecule has 0 fully saturated rings. The van der Waals surface area contributed by atoms with E-state index in [0.717, 1.165) is 19.4 Å². The average molecular weight is 263 g/mol. The number of hydrogen-bond acceptors (Lipinski definition) is 3. The summed E-state index contributed by atoms with van der Waals surface area (Å²) in [5.41, 5.74) is 0. The highest BCUT2D eigenvalue weighted by atomic mass is 32.2. The highest BCUT2D eigenvalue weighted by molar-refractivity contribution is 7.91. The standard InChI is InChI=1S/C13H29NO2S/c1-6-9-14-12(5)13(11(3)4)8-10-17(15,16)7-2/h11-14H,6-10H2,1-5H3. The molecule has 0 spiro atoms. The third-order valence-corrected chi connectivity index (χ3v) is 5.15. The fourth-order valence-corrected chi connectivity index (χ4v) is 3.06. The molecule has 0 saturated heterocycles. The molecule has 0 bridgehead atoms. The first kappa shape index (κ1) is 16.9. The molecule has 0 aliphatic heterocycles. The van der Waals surface area contributed by atoms with E-state index in [1.807, 2.05) is 0 Å². The summed E-state index contributed by atoms with van der Waals surface area (Å²) in [7, 11) is -2.83. The molecule has 2 atom stereocenters. The van der Waals surface area contributed by atoms with Crippen molar-refractivity contribution in [2.75, 3.05) is 18.1 Å². The van der Waals surface area contributed by atoms with Crippen LogP contribution < -0.4 is 5.32 Å². The number of sulfone groups is 1. The van der Waals surface area contributed by atoms with Gasteiger partial charge in [-0.05, 0) is 38.1 Å². The van der Waals surface area contributed by atoms with E-state index in [2.05, 4.69) is 33.0 Å². The Hall–Kier alpha value is -0.0900. The van der Waals surface area contributed by atoms with Gasteiger partial charge in [0.25, 0.3) is 0 Å². The van der Waals surface area contributed by atoms with Crippen molar-refractivity contribution in [3.63, 3.8) is 0 Å². The van der Waals surface area contributed by atoms with Gasteiger partial charge in [-0.15, -0.1) is 0 Å². The molecule has 4 heteroatoms. The van der Waals surface area contributed by atoms with E-state index in [9.17, 15) is 8.42 Å². The summed E-state index contributed by atoms with van der Waals surface area (Å²) in [6.07, 6.45) is 1.88. The molecule has 0 aromatic heterocycles. The second kappa shape index (κ2) is 8.09. The van der Waals surface area contributed by atoms with Crippen molar-refractivity contribution in [3.8, 4) is 0 Å². The van der Waals surface area contributed by atoms with Crippen LogP contribution in [0.25, 0.3) is 0 Å². The fourth-order valence-electron chi connectivity index (χ4n) is 2.14. The quantitative estimate of drug-likeness (QED) is 0.695. The van der Waals surface area contributed by atoms with E-state index < -0.39 is 9.84 Å². The molecule has 0 aliphatic carbocycles. The topological polar surface area (TPSA) is 46.2 Å². The van der Waals surface area contributed by atoms with Crippen LogP contribution in [0.3, 0.4) is 0 Å². The summed E-state index contributed by atoms with van der Waals surface area (Å²) in [6, 6.07) is 0.391. The number of rotatable bonds is 9. The van der Waals surface area contributed by atoms with E-state index in [1.165, 1.54) is 0 Å². The van der Waals surface area contributed by atoms with Crippen molar-refractivity contribution in [2.24, 2.45) is 11.8 Å². The normalized spacial score (nSPS) is 16.1. The lowest BCUT2D eigenvalue weighted by Gasteiger charge is -2.28. The lowest BCUT2D eigenvalue weighted by Crippen LogP contribution is -2.37. The van der Waals surface area contributed by atoms with Crippen LogP contribution in [0.4, 0.5) is 0 Å². The Morgan fingerprint density at radius 3 is 2.12 bits per heavy atom. The SMILES string of the molecule is CCCNC(C)C(CCS(=O)(=O)CC)C(C)C. The second-order valence-corrected chi connectivity index (χ2v) is 7.65. The molecule has 2 unspecified atom stereocenters. The van der Waals surface area contributed by atoms with Gasteiger partial charge in [-0.3, -0.25) is 0 Å². The number of nitrogens with one attached hydrogen (secondary N) is 1. The van der Waals surface area contributed by atoms with Gasteiger partial charge in [0.05, 0.1) is 5.75 Å². The van der Waals surface area contributed by atoms with Crippen LogP contribution in [0.2, 0.25) is 0 Å². The van der Waals surface area contributed by atoms with Gasteiger partial charge >= 0.3 is 0 Å². The molecule has 0 aliphatic rings. The van der Waals surface area contributed by atoms with Crippen LogP contribution in [0.15, 0.2) is 0 Å². The fraction of sp³-hybridized carbons (Fsp3) is 1.00. The van der Waals surface area contributed by atoms with Crippen molar-refractivity contribution in [2.45, 2.75) is 53.5 Å². The van der Waals surface area contributed by atoms with Crippen LogP contribution in [0.1, 0.15) is 47.5 Å². The van der Waals surface area contributed by atoms with Gasteiger partial charge < -0.3 is 5.32 Å². The Bertz CT molecular complexity index is 286. The summed E-state index contributed by atoms with van der Waals surface area (Å²) >= 11 is 0. The van der Waals surface area contributed by atoms with Gasteiger partial charge in [0.15, 0.2) is 0 Å². The van der Waals surface area contributed by atoms with Crippen LogP contribution in [0, 0.1) is 11.8 Å². The maximum atomic E-state index is 11.5. The van der Waals surface area contributed by atoms with E-state index in [-0.39, 0.29) is 5.75 Å². The summed E-state index contributed by atoms with van der Waals surface area (Å²) in [6.45, 7) is 11.4. The van der Waals surface area contributed by atoms with Gasteiger partial charge in [0.2, 0.25) is 0 Å². The zero-order valence-electron chi connectivity index (χ0n) is 12.0. The van der Waals surface area contributed by atoms with Crippen LogP contribution >= 0.6 is 0 Å². The lowest BCUT2D eigenvalue weighted by atomic mass is 9.87. The molecule has 1 N–H and O–H groups in total. The Morgan fingerprint density at radius 1 is 1.12 bits per heavy atom. The molecule has 0 radical (unpaired) electrons. The minimum atomic E-state index is -2.83. The first-order valence-electron chi connectivity index (χ1n) is 6.77. The first-order valence-corrected chi connectivity index (χ1v) is 8.60. The highest BCUT2D eigenvalue weighted by Gasteiger charge is 2.22. The second-order valence-electron chi connectivity index (χ2n) is 5.18. The maximum absolute atomic E-state index is 11.5. The molecular formula is C13H29NO2S. The van der Waals surface area contributed by atoms with Gasteiger partial charge in [-0.25, -0.2) is 8.42 Å². The molecule has 3 nitrogen and oxygen atoms in total. The van der Waals surface area contributed by atoms with Crippen molar-refractivity contribution >= 4 is 9.84 Å². The lowest BCUT2D eigenvalue weighted by molar-refractivity contribution is 0.283. The summed E-state index contributed by atoms with van der Waals surface area (Å²) in [5.74, 6) is 1.53. The Labute approximate surface area is 107 Å². The average Bonchev–Trinajstić information content (AvgIpc) is 2.26. The minimum Gasteiger partial charge on any atom is -0.314 e. The molecule has 0 amide bonds. The third kappa shape index (κ3) is 7.04. The zero-order chi connectivity index (χ0) is 13.5. The third-order valence-electron chi connectivity index (χ3n) is 3.42. The van der Waals surface area contributed by atoms with Crippen molar-refractivity contribution in [1.29, 1.82) is 0 Å². The Kier molecular flexibility index (Phi) is 8.05. The predicted octanol–water partition coefficient (Wildman–Crippen LogP) is 2.47. The molecule has 0 saturated carbocycles. The molecule has 0 aromatic carbocycles. The molecule has 17 heavy (non-hydrogen) atoms. The van der Waals surface area contributed by atoms with Crippen LogP contribution in [0.5, 0.6) is 0 Å². The summed E-state index contributed by atoms with van der Waals surface area (Å²) in [4.78, 5) is 0. The van der Waals surface area contributed by atoms with Crippen molar-refractivity contribution < 1.29 is 8.42 Å². The van der Waals surface area contributed by atoms with Gasteiger partial charge in [0.1, 0.15) is 9.84 Å². The number of hydrogen-bond donors (Lipinski definition) is 1. The molecule has 104 valence electrons. The van der Waals surface area contributed by atoms with Crippen LogP contribution in [-0.2, 0) is 9.84 Å². The molecule has 0 aromatic rings. The smallest absolute Gasteiger partial charge is 0.150 e. The van der Waals surface area contributed by atoms with E-state index >= 15 is 0 Å². The Morgan fingerprint density at radius 2 is 1.71 bits per heavy atom.